The van der Waals surface area contributed by atoms with Crippen molar-refractivity contribution in [3.8, 4) is 5.75 Å². The van der Waals surface area contributed by atoms with Gasteiger partial charge in [0.2, 0.25) is 5.82 Å². The van der Waals surface area contributed by atoms with Crippen molar-refractivity contribution in [2.45, 2.75) is 0 Å². The highest BCUT2D eigenvalue weighted by Crippen LogP contribution is 2.17. The van der Waals surface area contributed by atoms with Crippen molar-refractivity contribution in [1.82, 2.24) is 0 Å². The van der Waals surface area contributed by atoms with Gasteiger partial charge in [0.15, 0.2) is 18.4 Å². The predicted molar refractivity (Wildman–Crippen MR) is 37.7 cm³/mol. The molecule has 0 bridgehead atoms. The van der Waals surface area contributed by atoms with Crippen LogP contribution in [0, 0.1) is 17.7 Å². The van der Waals surface area contributed by atoms with Crippen LogP contribution in [0.4, 0.5) is 8.78 Å². The van der Waals surface area contributed by atoms with E-state index in [0.29, 0.717) is 0 Å². The average Bonchev–Trinajstić information content (AvgIpc) is 2.08. The maximum Gasteiger partial charge on any atom is 0.201 e. The smallest absolute Gasteiger partial charge is 0.201 e. The molecule has 1 aromatic carbocycles. The van der Waals surface area contributed by atoms with Gasteiger partial charge in [-0.3, -0.25) is 0 Å². The molecule has 12 heavy (non-hydrogen) atoms. The van der Waals surface area contributed by atoms with E-state index in [1.54, 1.807) is 0 Å². The summed E-state index contributed by atoms with van der Waals surface area (Å²) in [5, 5.41) is 0. The molecule has 0 fully saturated rings. The monoisotopic (exact) mass is 173 g/mol. The number of benzene rings is 1. The van der Waals surface area contributed by atoms with Crippen LogP contribution in [0.3, 0.4) is 0 Å². The summed E-state index contributed by atoms with van der Waals surface area (Å²) in [7, 11) is 1.39. The van der Waals surface area contributed by atoms with Crippen molar-refractivity contribution in [3.05, 3.63) is 29.8 Å². The second kappa shape index (κ2) is 4.01. The molecule has 1 aromatic rings. The van der Waals surface area contributed by atoms with E-state index >= 15 is 0 Å². The third kappa shape index (κ3) is 1.92. The minimum atomic E-state index is -1.05. The summed E-state index contributed by atoms with van der Waals surface area (Å²) in [6.07, 6.45) is 0. The highest BCUT2D eigenvalue weighted by atomic mass is 19.2. The standard InChI is InChI=1S/C8H7F2O2/c1-11-5-12-7-4-2-3-6(9)8(7)10/h2-3H,5H2,1H3. The zero-order valence-electron chi connectivity index (χ0n) is 6.43. The first-order valence-electron chi connectivity index (χ1n) is 3.23. The summed E-state index contributed by atoms with van der Waals surface area (Å²) in [4.78, 5) is 0. The number of ether oxygens (including phenoxy) is 2. The van der Waals surface area contributed by atoms with Crippen molar-refractivity contribution >= 4 is 0 Å². The molecule has 1 rings (SSSR count). The number of halogens is 2. The number of hydrogen-bond donors (Lipinski definition) is 0. The van der Waals surface area contributed by atoms with E-state index in [4.69, 9.17) is 0 Å². The maximum absolute atomic E-state index is 12.7. The topological polar surface area (TPSA) is 18.5 Å². The molecule has 4 heteroatoms. The number of methoxy groups -OCH3 is 1. The second-order valence-corrected chi connectivity index (χ2v) is 2.02. The molecule has 0 heterocycles. The molecule has 65 valence electrons. The molecule has 0 unspecified atom stereocenters. The lowest BCUT2D eigenvalue weighted by Gasteiger charge is -2.04. The maximum atomic E-state index is 12.7. The van der Waals surface area contributed by atoms with Gasteiger partial charge in [-0.1, -0.05) is 0 Å². The van der Waals surface area contributed by atoms with E-state index in [2.05, 4.69) is 15.5 Å². The molecular formula is C8H7F2O2. The van der Waals surface area contributed by atoms with E-state index in [1.165, 1.54) is 13.2 Å². The van der Waals surface area contributed by atoms with Crippen molar-refractivity contribution in [2.24, 2.45) is 0 Å². The van der Waals surface area contributed by atoms with E-state index in [1.807, 2.05) is 0 Å². The van der Waals surface area contributed by atoms with Gasteiger partial charge in [-0.2, -0.15) is 4.39 Å². The Kier molecular flexibility index (Phi) is 2.99. The van der Waals surface area contributed by atoms with Crippen molar-refractivity contribution in [1.29, 1.82) is 0 Å². The van der Waals surface area contributed by atoms with Crippen molar-refractivity contribution in [2.75, 3.05) is 13.9 Å². The van der Waals surface area contributed by atoms with Crippen LogP contribution in [0.1, 0.15) is 0 Å². The Balaban J connectivity index is 2.78. The van der Waals surface area contributed by atoms with Crippen LogP contribution in [-0.2, 0) is 4.74 Å². The lowest BCUT2D eigenvalue weighted by Crippen LogP contribution is -2.01. The van der Waals surface area contributed by atoms with E-state index < -0.39 is 11.6 Å². The van der Waals surface area contributed by atoms with Crippen LogP contribution in [0.25, 0.3) is 0 Å². The molecule has 0 aliphatic carbocycles. The first-order chi connectivity index (χ1) is 5.75. The van der Waals surface area contributed by atoms with Gasteiger partial charge in [-0.25, -0.2) is 4.39 Å². The summed E-state index contributed by atoms with van der Waals surface area (Å²) in [5.41, 5.74) is 0. The van der Waals surface area contributed by atoms with Gasteiger partial charge < -0.3 is 9.47 Å². The van der Waals surface area contributed by atoms with Gasteiger partial charge >= 0.3 is 0 Å². The molecule has 0 saturated heterocycles. The van der Waals surface area contributed by atoms with Crippen LogP contribution in [0.15, 0.2) is 12.1 Å². The van der Waals surface area contributed by atoms with Crippen LogP contribution in [-0.4, -0.2) is 13.9 Å². The molecule has 1 radical (unpaired) electrons. The average molecular weight is 173 g/mol. The molecule has 0 aliphatic heterocycles. The Morgan fingerprint density at radius 2 is 2.25 bits per heavy atom. The molecule has 0 atom stereocenters. The summed E-state index contributed by atoms with van der Waals surface area (Å²) in [6.45, 7) is -0.128. The Morgan fingerprint density at radius 1 is 1.50 bits per heavy atom. The van der Waals surface area contributed by atoms with Gasteiger partial charge in [0.25, 0.3) is 0 Å². The molecule has 0 aromatic heterocycles. The van der Waals surface area contributed by atoms with Crippen LogP contribution < -0.4 is 4.74 Å². The molecule has 0 aliphatic rings. The highest BCUT2D eigenvalue weighted by molar-refractivity contribution is 5.23. The van der Waals surface area contributed by atoms with Gasteiger partial charge in [-0.05, 0) is 12.1 Å². The Labute approximate surface area is 68.7 Å². The molecule has 0 N–H and O–H groups in total. The quantitative estimate of drug-likeness (QED) is 0.648. The Morgan fingerprint density at radius 3 is 2.92 bits per heavy atom. The zero-order valence-corrected chi connectivity index (χ0v) is 6.43. The molecule has 0 spiro atoms. The van der Waals surface area contributed by atoms with Gasteiger partial charge in [0, 0.05) is 13.2 Å². The van der Waals surface area contributed by atoms with Gasteiger partial charge in [-0.15, -0.1) is 0 Å². The van der Waals surface area contributed by atoms with Gasteiger partial charge in [0.1, 0.15) is 0 Å². The minimum Gasteiger partial charge on any atom is -0.464 e. The summed E-state index contributed by atoms with van der Waals surface area (Å²) in [5.74, 6) is -2.27. The first-order valence-corrected chi connectivity index (χ1v) is 3.23. The van der Waals surface area contributed by atoms with Crippen LogP contribution in [0.2, 0.25) is 0 Å². The van der Waals surface area contributed by atoms with Crippen molar-refractivity contribution < 1.29 is 18.3 Å². The highest BCUT2D eigenvalue weighted by Gasteiger charge is 2.07. The Bertz CT molecular complexity index is 263. The first kappa shape index (κ1) is 8.93. The second-order valence-electron chi connectivity index (χ2n) is 2.02. The fourth-order valence-corrected chi connectivity index (χ4v) is 0.658. The molecule has 0 saturated carbocycles. The summed E-state index contributed by atoms with van der Waals surface area (Å²) < 4.78 is 34.4. The largest absolute Gasteiger partial charge is 0.464 e. The SMILES string of the molecule is COCOc1[c]ccc(F)c1F. The van der Waals surface area contributed by atoms with Crippen LogP contribution >= 0.6 is 0 Å². The van der Waals surface area contributed by atoms with E-state index in [9.17, 15) is 8.78 Å². The third-order valence-electron chi connectivity index (χ3n) is 1.17. The molecular weight excluding hydrogens is 166 g/mol. The lowest BCUT2D eigenvalue weighted by atomic mass is 10.3. The Hall–Kier alpha value is -1.16. The predicted octanol–water partition coefficient (Wildman–Crippen LogP) is 1.75. The fourth-order valence-electron chi connectivity index (χ4n) is 0.658. The van der Waals surface area contributed by atoms with Crippen LogP contribution in [0.5, 0.6) is 5.75 Å². The van der Waals surface area contributed by atoms with E-state index in [0.717, 1.165) is 6.07 Å². The summed E-state index contributed by atoms with van der Waals surface area (Å²) in [6, 6.07) is 4.60. The normalized spacial score (nSPS) is 9.92. The minimum absolute atomic E-state index is 0.128. The third-order valence-corrected chi connectivity index (χ3v) is 1.17. The zero-order chi connectivity index (χ0) is 8.97. The molecule has 2 nitrogen and oxygen atoms in total. The lowest BCUT2D eigenvalue weighted by molar-refractivity contribution is 0.0476. The van der Waals surface area contributed by atoms with E-state index in [-0.39, 0.29) is 12.5 Å². The summed E-state index contributed by atoms with van der Waals surface area (Å²) >= 11 is 0. The van der Waals surface area contributed by atoms with Gasteiger partial charge in [0.05, 0.1) is 0 Å². The number of hydrogen-bond acceptors (Lipinski definition) is 2. The fraction of sp³-hybridized carbons (Fsp3) is 0.250. The molecule has 0 amide bonds. The number of rotatable bonds is 3. The van der Waals surface area contributed by atoms with Crippen molar-refractivity contribution in [3.63, 3.8) is 0 Å².